The number of nitrogens with zero attached hydrogens (tertiary/aromatic N) is 2. The van der Waals surface area contributed by atoms with Crippen molar-refractivity contribution in [1.82, 2.24) is 15.2 Å². The molecule has 2 aromatic rings. The third kappa shape index (κ3) is 3.40. The summed E-state index contributed by atoms with van der Waals surface area (Å²) in [4.78, 5) is 18.9. The molecule has 1 aliphatic heterocycles. The van der Waals surface area contributed by atoms with Crippen LogP contribution in [0.2, 0.25) is 0 Å². The molecule has 5 heteroatoms. The molecule has 4 rings (SSSR count). The predicted molar refractivity (Wildman–Crippen MR) is 92.9 cm³/mol. The quantitative estimate of drug-likeness (QED) is 0.926. The van der Waals surface area contributed by atoms with Crippen molar-refractivity contribution in [3.8, 4) is 0 Å². The zero-order valence-electron chi connectivity index (χ0n) is 14.2. The van der Waals surface area contributed by atoms with Crippen LogP contribution in [0.1, 0.15) is 50.8 Å². The average Bonchev–Trinajstić information content (AvgIpc) is 3.29. The van der Waals surface area contributed by atoms with Crippen molar-refractivity contribution >= 4 is 17.1 Å². The van der Waals surface area contributed by atoms with Crippen molar-refractivity contribution < 1.29 is 9.21 Å². The van der Waals surface area contributed by atoms with Crippen LogP contribution in [0.4, 0.5) is 4.79 Å². The van der Waals surface area contributed by atoms with Gasteiger partial charge in [0, 0.05) is 25.0 Å². The van der Waals surface area contributed by atoms with Gasteiger partial charge in [-0.2, -0.15) is 0 Å². The van der Waals surface area contributed by atoms with Gasteiger partial charge in [-0.05, 0) is 44.2 Å². The number of para-hydroxylation sites is 2. The molecular formula is C19H25N3O2. The number of nitrogens with one attached hydrogen (secondary N) is 1. The van der Waals surface area contributed by atoms with Gasteiger partial charge in [0.25, 0.3) is 0 Å². The van der Waals surface area contributed by atoms with Crippen LogP contribution >= 0.6 is 0 Å². The molecule has 2 fully saturated rings. The molecule has 1 aliphatic carbocycles. The molecular weight excluding hydrogens is 302 g/mol. The Morgan fingerprint density at radius 3 is 2.75 bits per heavy atom. The van der Waals surface area contributed by atoms with E-state index >= 15 is 0 Å². The molecule has 0 bridgehead atoms. The Morgan fingerprint density at radius 2 is 2.04 bits per heavy atom. The molecule has 1 atom stereocenters. The van der Waals surface area contributed by atoms with Crippen molar-refractivity contribution in [2.45, 2.75) is 51.0 Å². The lowest BCUT2D eigenvalue weighted by atomic mass is 9.97. The van der Waals surface area contributed by atoms with Gasteiger partial charge >= 0.3 is 6.03 Å². The first-order chi connectivity index (χ1) is 11.7. The minimum atomic E-state index is 0.0826. The number of hydrogen-bond acceptors (Lipinski definition) is 3. The van der Waals surface area contributed by atoms with Gasteiger partial charge < -0.3 is 14.6 Å². The van der Waals surface area contributed by atoms with Crippen LogP contribution in [0, 0.1) is 5.92 Å². The van der Waals surface area contributed by atoms with E-state index in [-0.39, 0.29) is 12.1 Å². The summed E-state index contributed by atoms with van der Waals surface area (Å²) in [5, 5.41) is 3.14. The Balaban J connectivity index is 1.31. The van der Waals surface area contributed by atoms with E-state index in [1.165, 1.54) is 12.8 Å². The third-order valence-electron chi connectivity index (χ3n) is 5.20. The molecule has 128 valence electrons. The highest BCUT2D eigenvalue weighted by molar-refractivity contribution is 5.74. The maximum absolute atomic E-state index is 12.4. The van der Waals surface area contributed by atoms with Gasteiger partial charge in [-0.15, -0.1) is 0 Å². The summed E-state index contributed by atoms with van der Waals surface area (Å²) >= 11 is 0. The fourth-order valence-electron chi connectivity index (χ4n) is 3.61. The van der Waals surface area contributed by atoms with Gasteiger partial charge in [-0.3, -0.25) is 0 Å². The van der Waals surface area contributed by atoms with Gasteiger partial charge in [-0.1, -0.05) is 25.0 Å². The van der Waals surface area contributed by atoms with Gasteiger partial charge in [0.15, 0.2) is 11.5 Å². The summed E-state index contributed by atoms with van der Waals surface area (Å²) in [6.45, 7) is 3.65. The van der Waals surface area contributed by atoms with Crippen molar-refractivity contribution in [2.75, 3.05) is 13.1 Å². The molecule has 0 spiro atoms. The molecule has 0 radical (unpaired) electrons. The first kappa shape index (κ1) is 15.5. The monoisotopic (exact) mass is 327 g/mol. The maximum Gasteiger partial charge on any atom is 0.317 e. The van der Waals surface area contributed by atoms with E-state index in [0.717, 1.165) is 55.3 Å². The van der Waals surface area contributed by atoms with Crippen LogP contribution in [0.3, 0.4) is 0 Å². The number of urea groups is 1. The number of oxazole rings is 1. The first-order valence-electron chi connectivity index (χ1n) is 9.10. The summed E-state index contributed by atoms with van der Waals surface area (Å²) in [5.74, 6) is 1.97. The summed E-state index contributed by atoms with van der Waals surface area (Å²) in [6.07, 6.45) is 5.60. The minimum absolute atomic E-state index is 0.0826. The number of rotatable bonds is 4. The van der Waals surface area contributed by atoms with Crippen LogP contribution in [-0.2, 0) is 0 Å². The van der Waals surface area contributed by atoms with Crippen LogP contribution in [0.15, 0.2) is 28.7 Å². The largest absolute Gasteiger partial charge is 0.440 e. The minimum Gasteiger partial charge on any atom is -0.440 e. The Hall–Kier alpha value is -2.04. The van der Waals surface area contributed by atoms with E-state index < -0.39 is 0 Å². The molecule has 1 saturated heterocycles. The van der Waals surface area contributed by atoms with Crippen molar-refractivity contribution in [1.29, 1.82) is 0 Å². The molecule has 1 aromatic carbocycles. The zero-order valence-corrected chi connectivity index (χ0v) is 14.2. The van der Waals surface area contributed by atoms with Gasteiger partial charge in [-0.25, -0.2) is 9.78 Å². The highest BCUT2D eigenvalue weighted by Gasteiger charge is 2.29. The van der Waals surface area contributed by atoms with Crippen LogP contribution < -0.4 is 5.32 Å². The Kier molecular flexibility index (Phi) is 4.17. The molecule has 2 heterocycles. The standard InChI is InChI=1S/C19H25N3O2/c1-13(12-14-6-7-14)20-19(23)22-10-8-15(9-11-22)18-21-16-4-2-3-5-17(16)24-18/h2-5,13-15H,6-12H2,1H3,(H,20,23). The molecule has 2 aliphatic rings. The lowest BCUT2D eigenvalue weighted by Crippen LogP contribution is -2.47. The number of aromatic nitrogens is 1. The molecule has 1 aromatic heterocycles. The SMILES string of the molecule is CC(CC1CC1)NC(=O)N1CCC(c2nc3ccccc3o2)CC1. The van der Waals surface area contributed by atoms with Crippen molar-refractivity contribution in [3.05, 3.63) is 30.2 Å². The Bertz CT molecular complexity index is 681. The number of hydrogen-bond donors (Lipinski definition) is 1. The van der Waals surface area contributed by atoms with Crippen molar-refractivity contribution in [2.24, 2.45) is 5.92 Å². The summed E-state index contributed by atoms with van der Waals surface area (Å²) in [6, 6.07) is 8.23. The van der Waals surface area contributed by atoms with Crippen LogP contribution in [0.5, 0.6) is 0 Å². The normalized spacial score (nSPS) is 20.3. The smallest absolute Gasteiger partial charge is 0.317 e. The molecule has 5 nitrogen and oxygen atoms in total. The number of carbonyl (C=O) groups is 1. The van der Waals surface area contributed by atoms with Crippen LogP contribution in [0.25, 0.3) is 11.1 Å². The fraction of sp³-hybridized carbons (Fsp3) is 0.579. The second kappa shape index (κ2) is 6.46. The predicted octanol–water partition coefficient (Wildman–Crippen LogP) is 3.91. The lowest BCUT2D eigenvalue weighted by molar-refractivity contribution is 0.174. The zero-order chi connectivity index (χ0) is 16.5. The molecule has 2 amide bonds. The Morgan fingerprint density at radius 1 is 1.29 bits per heavy atom. The highest BCUT2D eigenvalue weighted by Crippen LogP contribution is 2.33. The number of likely N-dealkylation sites (tertiary alicyclic amines) is 1. The van der Waals surface area contributed by atoms with E-state index in [4.69, 9.17) is 4.42 Å². The molecule has 1 saturated carbocycles. The van der Waals surface area contributed by atoms with E-state index in [1.807, 2.05) is 29.2 Å². The first-order valence-corrected chi connectivity index (χ1v) is 9.10. The maximum atomic E-state index is 12.4. The Labute approximate surface area is 142 Å². The lowest BCUT2D eigenvalue weighted by Gasteiger charge is -2.31. The number of amides is 2. The van der Waals surface area contributed by atoms with Crippen molar-refractivity contribution in [3.63, 3.8) is 0 Å². The molecule has 1 unspecified atom stereocenters. The highest BCUT2D eigenvalue weighted by atomic mass is 16.3. The van der Waals surface area contributed by atoms with E-state index in [1.54, 1.807) is 0 Å². The number of benzene rings is 1. The number of fused-ring (bicyclic) bond motifs is 1. The van der Waals surface area contributed by atoms with Crippen LogP contribution in [-0.4, -0.2) is 35.0 Å². The number of carbonyl (C=O) groups excluding carboxylic acids is 1. The summed E-state index contributed by atoms with van der Waals surface area (Å²) in [7, 11) is 0. The summed E-state index contributed by atoms with van der Waals surface area (Å²) in [5.41, 5.74) is 1.77. The fourth-order valence-corrected chi connectivity index (χ4v) is 3.61. The third-order valence-corrected chi connectivity index (χ3v) is 5.20. The summed E-state index contributed by atoms with van der Waals surface area (Å²) < 4.78 is 5.89. The average molecular weight is 327 g/mol. The van der Waals surface area contributed by atoms with E-state index in [2.05, 4.69) is 17.2 Å². The van der Waals surface area contributed by atoms with Gasteiger partial charge in [0.1, 0.15) is 5.52 Å². The van der Waals surface area contributed by atoms with E-state index in [9.17, 15) is 4.79 Å². The van der Waals surface area contributed by atoms with E-state index in [0.29, 0.717) is 5.92 Å². The topological polar surface area (TPSA) is 58.4 Å². The van der Waals surface area contributed by atoms with Gasteiger partial charge in [0.2, 0.25) is 0 Å². The van der Waals surface area contributed by atoms with Gasteiger partial charge in [0.05, 0.1) is 0 Å². The molecule has 24 heavy (non-hydrogen) atoms. The second-order valence-corrected chi connectivity index (χ2v) is 7.31. The molecule has 1 N–H and O–H groups in total. The number of piperidine rings is 1. The second-order valence-electron chi connectivity index (χ2n) is 7.31.